The number of ether oxygens (including phenoxy) is 5. The maximum atomic E-state index is 13.3. The molecule has 46 heavy (non-hydrogen) atoms. The summed E-state index contributed by atoms with van der Waals surface area (Å²) in [6.45, 7) is 17.7. The van der Waals surface area contributed by atoms with E-state index in [0.717, 1.165) is 6.42 Å². The quantitative estimate of drug-likeness (QED) is 0.264. The molecule has 0 radical (unpaired) electrons. The molecule has 5 saturated carbocycles. The van der Waals surface area contributed by atoms with E-state index in [4.69, 9.17) is 23.7 Å². The monoisotopic (exact) mass is 644 g/mol. The van der Waals surface area contributed by atoms with Gasteiger partial charge in [0.2, 0.25) is 5.79 Å². The molecule has 5 aliphatic carbocycles. The molecule has 8 aliphatic rings. The van der Waals surface area contributed by atoms with Gasteiger partial charge in [-0.15, -0.1) is 0 Å². The molecular formula is C36H52O10. The summed E-state index contributed by atoms with van der Waals surface area (Å²) in [5, 5.41) is 24.2. The highest BCUT2D eigenvalue weighted by atomic mass is 16.8. The van der Waals surface area contributed by atoms with Crippen LogP contribution in [0.3, 0.4) is 0 Å². The third-order valence-corrected chi connectivity index (χ3v) is 15.7. The molecule has 2 unspecified atom stereocenters. The van der Waals surface area contributed by atoms with Crippen LogP contribution in [0.15, 0.2) is 0 Å². The number of rotatable bonds is 4. The lowest BCUT2D eigenvalue weighted by Gasteiger charge is -2.65. The molecule has 2 N–H and O–H groups in total. The van der Waals surface area contributed by atoms with Crippen LogP contribution >= 0.6 is 0 Å². The molecule has 10 nitrogen and oxygen atoms in total. The molecule has 0 aromatic carbocycles. The fraction of sp³-hybridized carbons (Fsp3) is 0.917. The van der Waals surface area contributed by atoms with Crippen molar-refractivity contribution in [3.63, 3.8) is 0 Å². The van der Waals surface area contributed by atoms with E-state index >= 15 is 0 Å². The van der Waals surface area contributed by atoms with E-state index in [0.29, 0.717) is 19.3 Å². The lowest BCUT2D eigenvalue weighted by Crippen LogP contribution is -2.69. The highest BCUT2D eigenvalue weighted by Gasteiger charge is 2.91. The Kier molecular flexibility index (Phi) is 6.35. The molecule has 0 bridgehead atoms. The zero-order valence-electron chi connectivity index (χ0n) is 28.6. The number of esters is 3. The van der Waals surface area contributed by atoms with Gasteiger partial charge in [-0.3, -0.25) is 9.59 Å². The van der Waals surface area contributed by atoms with Gasteiger partial charge in [-0.2, -0.15) is 0 Å². The Labute approximate surface area is 271 Å². The van der Waals surface area contributed by atoms with Crippen molar-refractivity contribution in [2.45, 2.75) is 136 Å². The Balaban J connectivity index is 1.25. The second kappa shape index (κ2) is 9.27. The number of carbonyl (C=O) groups excluding carboxylic acids is 3. The molecule has 8 rings (SSSR count). The average Bonchev–Trinajstić information content (AvgIpc) is 3.85. The summed E-state index contributed by atoms with van der Waals surface area (Å²) >= 11 is 0. The normalized spacial score (nSPS) is 60.3. The fourth-order valence-electron chi connectivity index (χ4n) is 13.4. The van der Waals surface area contributed by atoms with Crippen molar-refractivity contribution in [1.82, 2.24) is 0 Å². The van der Waals surface area contributed by atoms with E-state index in [2.05, 4.69) is 27.7 Å². The van der Waals surface area contributed by atoms with E-state index in [1.807, 2.05) is 20.8 Å². The van der Waals surface area contributed by atoms with Crippen LogP contribution < -0.4 is 0 Å². The van der Waals surface area contributed by atoms with Crippen molar-refractivity contribution in [2.75, 3.05) is 0 Å². The van der Waals surface area contributed by atoms with Crippen LogP contribution in [0.4, 0.5) is 0 Å². The summed E-state index contributed by atoms with van der Waals surface area (Å²) in [4.78, 5) is 39.3. The van der Waals surface area contributed by atoms with E-state index in [1.54, 1.807) is 6.92 Å². The van der Waals surface area contributed by atoms with Crippen LogP contribution in [0.25, 0.3) is 0 Å². The van der Waals surface area contributed by atoms with Crippen molar-refractivity contribution in [2.24, 2.45) is 69.5 Å². The van der Waals surface area contributed by atoms with Crippen LogP contribution in [0.5, 0.6) is 0 Å². The minimum absolute atomic E-state index is 0.0134. The minimum atomic E-state index is -1.77. The second-order valence-corrected chi connectivity index (χ2v) is 17.8. The van der Waals surface area contributed by atoms with Crippen LogP contribution in [-0.2, 0) is 38.1 Å². The Hall–Kier alpha value is -1.75. The molecule has 0 amide bonds. The Morgan fingerprint density at radius 2 is 1.63 bits per heavy atom. The standard InChI is InChI=1S/C36H52O10/c1-14(2)10-24(38)44-30-28-22(43-28)12-18-15(3)27(39)25-19-11-21-26(33(19,7)23(42-17(5)37)13-20(25)32(18,30)6)16(4)29-36(45-29)34(21,8)35(9,41)31(40)46-36/h14-16,18-23,25-30,39,41H,10-13H2,1-9H3/t15-,16-,18+,19-,20?,21+,22-,23-,25?,26-,27-,28-,29+,30-,32-,33+,34-,35+,36-/m0/s1. The number of carbonyl (C=O) groups is 3. The molecule has 0 aromatic rings. The van der Waals surface area contributed by atoms with Gasteiger partial charge < -0.3 is 33.9 Å². The lowest BCUT2D eigenvalue weighted by atomic mass is 9.40. The first kappa shape index (κ1) is 31.5. The molecule has 3 saturated heterocycles. The van der Waals surface area contributed by atoms with E-state index in [1.165, 1.54) is 6.92 Å². The van der Waals surface area contributed by atoms with Gasteiger partial charge >= 0.3 is 17.9 Å². The second-order valence-electron chi connectivity index (χ2n) is 17.8. The number of hydrogen-bond donors (Lipinski definition) is 2. The zero-order valence-corrected chi connectivity index (χ0v) is 28.6. The number of aliphatic hydroxyl groups excluding tert-OH is 1. The SMILES string of the molecule is CC(=O)O[C@H]1CC2C([C@@H](O)[C@@H](C)[C@H]3C[C@@H]4O[C@@H]4[C@H](OC(=O)CC(C)C)[C@]23C)[C@@H]2C[C@@H]3[C@H]([C@H](C)[C@H]4O[C@]45OC(=O)[C@@](C)(O)[C@]35C)[C@@]12C. The molecule has 10 heteroatoms. The Bertz CT molecular complexity index is 1380. The van der Waals surface area contributed by atoms with Gasteiger partial charge in [-0.05, 0) is 86.4 Å². The summed E-state index contributed by atoms with van der Waals surface area (Å²) in [6, 6.07) is 0. The van der Waals surface area contributed by atoms with Gasteiger partial charge in [0.1, 0.15) is 24.4 Å². The Morgan fingerprint density at radius 3 is 2.28 bits per heavy atom. The first-order chi connectivity index (χ1) is 21.4. The molecule has 256 valence electrons. The van der Waals surface area contributed by atoms with Gasteiger partial charge in [0.15, 0.2) is 5.60 Å². The summed E-state index contributed by atoms with van der Waals surface area (Å²) in [5.74, 6) is -2.95. The highest BCUT2D eigenvalue weighted by Crippen LogP contribution is 2.81. The number of epoxide rings is 2. The minimum Gasteiger partial charge on any atom is -0.462 e. The van der Waals surface area contributed by atoms with Crippen LogP contribution in [-0.4, -0.2) is 76.1 Å². The summed E-state index contributed by atoms with van der Waals surface area (Å²) in [6.07, 6.45) is 0.174. The largest absolute Gasteiger partial charge is 0.462 e. The van der Waals surface area contributed by atoms with Crippen LogP contribution in [0.2, 0.25) is 0 Å². The molecule has 8 fully saturated rings. The maximum Gasteiger partial charge on any atom is 0.341 e. The number of hydrogen-bond acceptors (Lipinski definition) is 10. The molecule has 19 atom stereocenters. The van der Waals surface area contributed by atoms with Gasteiger partial charge in [-0.1, -0.05) is 41.5 Å². The van der Waals surface area contributed by atoms with Crippen molar-refractivity contribution in [1.29, 1.82) is 0 Å². The fourth-order valence-corrected chi connectivity index (χ4v) is 13.4. The third kappa shape index (κ3) is 3.45. The van der Waals surface area contributed by atoms with Gasteiger partial charge in [0.05, 0.1) is 17.6 Å². The molecule has 3 aliphatic heterocycles. The summed E-state index contributed by atoms with van der Waals surface area (Å²) in [7, 11) is 0. The molecule has 1 spiro atoms. The van der Waals surface area contributed by atoms with Gasteiger partial charge in [-0.25, -0.2) is 4.79 Å². The predicted molar refractivity (Wildman–Crippen MR) is 161 cm³/mol. The zero-order chi connectivity index (χ0) is 33.3. The average molecular weight is 645 g/mol. The Morgan fingerprint density at radius 1 is 0.957 bits per heavy atom. The van der Waals surface area contributed by atoms with Crippen molar-refractivity contribution in [3.8, 4) is 0 Å². The smallest absolute Gasteiger partial charge is 0.341 e. The molecular weight excluding hydrogens is 592 g/mol. The van der Waals surface area contributed by atoms with Gasteiger partial charge in [0.25, 0.3) is 0 Å². The first-order valence-corrected chi connectivity index (χ1v) is 17.7. The van der Waals surface area contributed by atoms with Crippen LogP contribution in [0, 0.1) is 69.5 Å². The molecule has 0 aromatic heterocycles. The lowest BCUT2D eigenvalue weighted by molar-refractivity contribution is -0.249. The van der Waals surface area contributed by atoms with Gasteiger partial charge in [0, 0.05) is 24.2 Å². The number of fused-ring (bicyclic) bond motifs is 9. The third-order valence-electron chi connectivity index (χ3n) is 15.7. The predicted octanol–water partition coefficient (Wildman–Crippen LogP) is 3.63. The van der Waals surface area contributed by atoms with E-state index in [9.17, 15) is 24.6 Å². The summed E-state index contributed by atoms with van der Waals surface area (Å²) in [5.41, 5.74) is -3.87. The van der Waals surface area contributed by atoms with E-state index < -0.39 is 51.9 Å². The van der Waals surface area contributed by atoms with Crippen molar-refractivity contribution >= 4 is 17.9 Å². The maximum absolute atomic E-state index is 13.3. The van der Waals surface area contributed by atoms with Crippen LogP contribution in [0.1, 0.15) is 88.0 Å². The topological polar surface area (TPSA) is 144 Å². The molecule has 3 heterocycles. The number of aliphatic hydroxyl groups is 2. The van der Waals surface area contributed by atoms with Crippen molar-refractivity contribution in [3.05, 3.63) is 0 Å². The highest BCUT2D eigenvalue weighted by molar-refractivity contribution is 5.84. The summed E-state index contributed by atoms with van der Waals surface area (Å²) < 4.78 is 31.1. The first-order valence-electron chi connectivity index (χ1n) is 17.7. The van der Waals surface area contributed by atoms with E-state index in [-0.39, 0.29) is 83.5 Å². The van der Waals surface area contributed by atoms with Crippen molar-refractivity contribution < 1.29 is 48.3 Å².